The highest BCUT2D eigenvalue weighted by atomic mass is 16.2. The quantitative estimate of drug-likeness (QED) is 0.818. The van der Waals surface area contributed by atoms with Gasteiger partial charge in [0.05, 0.1) is 13.1 Å². The van der Waals surface area contributed by atoms with E-state index in [1.165, 1.54) is 5.56 Å². The molecule has 5 heteroatoms. The van der Waals surface area contributed by atoms with Crippen LogP contribution in [-0.2, 0) is 9.59 Å². The molecule has 27 heavy (non-hydrogen) atoms. The molecule has 0 radical (unpaired) electrons. The van der Waals surface area contributed by atoms with Gasteiger partial charge in [0, 0.05) is 11.4 Å². The van der Waals surface area contributed by atoms with Gasteiger partial charge >= 0.3 is 0 Å². The van der Waals surface area contributed by atoms with Crippen molar-refractivity contribution in [1.29, 1.82) is 0 Å². The van der Waals surface area contributed by atoms with Crippen molar-refractivity contribution in [2.45, 2.75) is 34.6 Å². The third kappa shape index (κ3) is 5.66. The number of aryl methyl sites for hydroxylation is 4. The summed E-state index contributed by atoms with van der Waals surface area (Å²) in [7, 11) is 1.76. The van der Waals surface area contributed by atoms with Crippen LogP contribution in [0.25, 0.3) is 0 Å². The van der Waals surface area contributed by atoms with Crippen LogP contribution in [0.4, 0.5) is 11.4 Å². The summed E-state index contributed by atoms with van der Waals surface area (Å²) in [5.74, 6) is -0.270. The van der Waals surface area contributed by atoms with E-state index in [2.05, 4.69) is 10.6 Å². The summed E-state index contributed by atoms with van der Waals surface area (Å²) in [5.41, 5.74) is 7.08. The second-order valence-corrected chi connectivity index (χ2v) is 7.29. The fourth-order valence-corrected chi connectivity index (χ4v) is 3.18. The number of amides is 2. The van der Waals surface area contributed by atoms with E-state index in [1.807, 2.05) is 65.0 Å². The normalized spacial score (nSPS) is 10.8. The zero-order chi connectivity index (χ0) is 20.1. The first-order valence-corrected chi connectivity index (χ1v) is 9.09. The molecule has 2 N–H and O–H groups in total. The lowest BCUT2D eigenvalue weighted by Gasteiger charge is -2.18. The predicted molar refractivity (Wildman–Crippen MR) is 111 cm³/mol. The molecule has 0 bridgehead atoms. The molecule has 0 aliphatic carbocycles. The van der Waals surface area contributed by atoms with Gasteiger partial charge in [-0.3, -0.25) is 14.5 Å². The van der Waals surface area contributed by atoms with Gasteiger partial charge in [-0.15, -0.1) is 0 Å². The Labute approximate surface area is 161 Å². The van der Waals surface area contributed by atoms with Crippen molar-refractivity contribution in [3.63, 3.8) is 0 Å². The van der Waals surface area contributed by atoms with Gasteiger partial charge < -0.3 is 10.6 Å². The van der Waals surface area contributed by atoms with Gasteiger partial charge in [0.2, 0.25) is 11.8 Å². The number of carbonyl (C=O) groups is 2. The summed E-state index contributed by atoms with van der Waals surface area (Å²) in [6.45, 7) is 10.3. The van der Waals surface area contributed by atoms with Crippen LogP contribution >= 0.6 is 0 Å². The monoisotopic (exact) mass is 367 g/mol. The average molecular weight is 367 g/mol. The Balaban J connectivity index is 1.91. The maximum absolute atomic E-state index is 12.4. The molecule has 0 saturated carbocycles. The zero-order valence-electron chi connectivity index (χ0n) is 17.1. The standard InChI is InChI=1S/C22H29N3O2/c1-14-10-16(3)22(17(4)11-14)24-21(27)13-25(6)12-20(26)23-19-9-7-8-15(2)18(19)5/h7-11H,12-13H2,1-6H3,(H,23,26)(H,24,27). The second-order valence-electron chi connectivity index (χ2n) is 7.29. The van der Waals surface area contributed by atoms with E-state index in [1.54, 1.807) is 11.9 Å². The van der Waals surface area contributed by atoms with E-state index >= 15 is 0 Å². The van der Waals surface area contributed by atoms with E-state index in [0.29, 0.717) is 0 Å². The van der Waals surface area contributed by atoms with Crippen LogP contribution in [0.15, 0.2) is 30.3 Å². The van der Waals surface area contributed by atoms with Crippen LogP contribution in [0, 0.1) is 34.6 Å². The lowest BCUT2D eigenvalue weighted by molar-refractivity contribution is -0.119. The number of nitrogens with one attached hydrogen (secondary N) is 2. The fourth-order valence-electron chi connectivity index (χ4n) is 3.18. The first kappa shape index (κ1) is 20.6. The topological polar surface area (TPSA) is 61.4 Å². The first-order chi connectivity index (χ1) is 12.7. The Morgan fingerprint density at radius 3 is 2.00 bits per heavy atom. The average Bonchev–Trinajstić information content (AvgIpc) is 2.55. The van der Waals surface area contributed by atoms with Gasteiger partial charge in [-0.1, -0.05) is 29.8 Å². The molecule has 0 spiro atoms. The molecule has 0 aliphatic heterocycles. The van der Waals surface area contributed by atoms with Crippen molar-refractivity contribution in [3.05, 3.63) is 58.1 Å². The van der Waals surface area contributed by atoms with Crippen molar-refractivity contribution >= 4 is 23.2 Å². The maximum atomic E-state index is 12.4. The van der Waals surface area contributed by atoms with Gasteiger partial charge in [0.1, 0.15) is 0 Å². The minimum Gasteiger partial charge on any atom is -0.325 e. The number of benzene rings is 2. The lowest BCUT2D eigenvalue weighted by atomic mass is 10.1. The van der Waals surface area contributed by atoms with Gasteiger partial charge in [-0.2, -0.15) is 0 Å². The lowest BCUT2D eigenvalue weighted by Crippen LogP contribution is -2.36. The smallest absolute Gasteiger partial charge is 0.238 e. The van der Waals surface area contributed by atoms with E-state index in [0.717, 1.165) is 33.6 Å². The molecule has 2 amide bonds. The molecule has 144 valence electrons. The van der Waals surface area contributed by atoms with Crippen LogP contribution in [0.1, 0.15) is 27.8 Å². The summed E-state index contributed by atoms with van der Waals surface area (Å²) < 4.78 is 0. The number of anilines is 2. The molecule has 0 atom stereocenters. The van der Waals surface area contributed by atoms with Gasteiger partial charge in [-0.05, 0) is 70.0 Å². The molecule has 2 aromatic carbocycles. The van der Waals surface area contributed by atoms with Crippen molar-refractivity contribution in [1.82, 2.24) is 4.90 Å². The Morgan fingerprint density at radius 2 is 1.41 bits per heavy atom. The number of carbonyl (C=O) groups excluding carboxylic acids is 2. The Morgan fingerprint density at radius 1 is 0.852 bits per heavy atom. The van der Waals surface area contributed by atoms with Crippen molar-refractivity contribution < 1.29 is 9.59 Å². The predicted octanol–water partition coefficient (Wildman–Crippen LogP) is 3.74. The van der Waals surface area contributed by atoms with E-state index in [4.69, 9.17) is 0 Å². The van der Waals surface area contributed by atoms with Crippen molar-refractivity contribution in [2.24, 2.45) is 0 Å². The molecular weight excluding hydrogens is 338 g/mol. The van der Waals surface area contributed by atoms with Crippen LogP contribution < -0.4 is 10.6 Å². The Hall–Kier alpha value is -2.66. The van der Waals surface area contributed by atoms with Crippen LogP contribution in [0.3, 0.4) is 0 Å². The van der Waals surface area contributed by atoms with Crippen LogP contribution in [0.2, 0.25) is 0 Å². The molecule has 0 aliphatic rings. The van der Waals surface area contributed by atoms with Gasteiger partial charge in [0.15, 0.2) is 0 Å². The third-order valence-electron chi connectivity index (χ3n) is 4.65. The number of nitrogens with zero attached hydrogens (tertiary/aromatic N) is 1. The third-order valence-corrected chi connectivity index (χ3v) is 4.65. The molecule has 2 aromatic rings. The molecule has 2 rings (SSSR count). The number of hydrogen-bond acceptors (Lipinski definition) is 3. The SMILES string of the molecule is Cc1cc(C)c(NC(=O)CN(C)CC(=O)Nc2cccc(C)c2C)c(C)c1. The summed E-state index contributed by atoms with van der Waals surface area (Å²) in [6, 6.07) is 9.90. The summed E-state index contributed by atoms with van der Waals surface area (Å²) in [5, 5.41) is 5.88. The molecule has 0 heterocycles. The molecule has 0 unspecified atom stereocenters. The molecule has 0 aromatic heterocycles. The Kier molecular flexibility index (Phi) is 6.75. The number of likely N-dealkylation sites (N-methyl/N-ethyl adjacent to an activating group) is 1. The molecule has 0 saturated heterocycles. The highest BCUT2D eigenvalue weighted by molar-refractivity contribution is 5.95. The van der Waals surface area contributed by atoms with Gasteiger partial charge in [0.25, 0.3) is 0 Å². The van der Waals surface area contributed by atoms with Crippen molar-refractivity contribution in [3.8, 4) is 0 Å². The highest BCUT2D eigenvalue weighted by Crippen LogP contribution is 2.22. The minimum atomic E-state index is -0.137. The zero-order valence-corrected chi connectivity index (χ0v) is 17.1. The highest BCUT2D eigenvalue weighted by Gasteiger charge is 2.14. The fraction of sp³-hybridized carbons (Fsp3) is 0.364. The second kappa shape index (κ2) is 8.82. The molecular formula is C22H29N3O2. The summed E-state index contributed by atoms with van der Waals surface area (Å²) >= 11 is 0. The molecule has 0 fully saturated rings. The van der Waals surface area contributed by atoms with Crippen LogP contribution in [0.5, 0.6) is 0 Å². The first-order valence-electron chi connectivity index (χ1n) is 9.09. The largest absolute Gasteiger partial charge is 0.325 e. The van der Waals surface area contributed by atoms with E-state index in [-0.39, 0.29) is 24.9 Å². The summed E-state index contributed by atoms with van der Waals surface area (Å²) in [6.07, 6.45) is 0. The summed E-state index contributed by atoms with van der Waals surface area (Å²) in [4.78, 5) is 26.4. The van der Waals surface area contributed by atoms with Crippen molar-refractivity contribution in [2.75, 3.05) is 30.8 Å². The number of rotatable bonds is 6. The van der Waals surface area contributed by atoms with Gasteiger partial charge in [-0.25, -0.2) is 0 Å². The molecule has 5 nitrogen and oxygen atoms in total. The minimum absolute atomic E-state index is 0.132. The number of hydrogen-bond donors (Lipinski definition) is 2. The maximum Gasteiger partial charge on any atom is 0.238 e. The van der Waals surface area contributed by atoms with E-state index in [9.17, 15) is 9.59 Å². The Bertz CT molecular complexity index is 836. The van der Waals surface area contributed by atoms with E-state index < -0.39 is 0 Å². The van der Waals surface area contributed by atoms with Crippen LogP contribution in [-0.4, -0.2) is 36.9 Å².